The molecule has 0 N–H and O–H groups in total. The molecule has 30 heavy (non-hydrogen) atoms. The minimum absolute atomic E-state index is 0.178. The maximum atomic E-state index is 11.9. The first-order chi connectivity index (χ1) is 14.6. The molecule has 2 fully saturated rings. The van der Waals surface area contributed by atoms with Crippen molar-refractivity contribution < 1.29 is 9.13 Å². The summed E-state index contributed by atoms with van der Waals surface area (Å²) in [5.41, 5.74) is 2.53. The number of allylic oxidation sites excluding steroid dienone is 1. The van der Waals surface area contributed by atoms with E-state index in [0.717, 1.165) is 32.1 Å². The molecule has 1 aromatic carbocycles. The zero-order valence-corrected chi connectivity index (χ0v) is 18.7. The molecule has 4 nitrogen and oxygen atoms in total. The van der Waals surface area contributed by atoms with Gasteiger partial charge in [-0.3, -0.25) is 4.90 Å². The minimum Gasteiger partial charge on any atom is -0.460 e. The Hall–Kier alpha value is -2.40. The second-order valence-electron chi connectivity index (χ2n) is 7.40. The Morgan fingerprint density at radius 1 is 1.10 bits per heavy atom. The molecular weight excluding hydrogens is 377 g/mol. The molecular formula is C25H36FN3O. The molecule has 3 aliphatic rings. The predicted octanol–water partition coefficient (Wildman–Crippen LogP) is 4.92. The van der Waals surface area contributed by atoms with Gasteiger partial charge in [-0.15, -0.1) is 0 Å². The SMILES string of the molecule is C=CC1=C(C=C)CN(C(=NC)OC2CN3CCC2C3)CC1.CC.Fc1ccccc1. The summed E-state index contributed by atoms with van der Waals surface area (Å²) in [6.07, 6.45) is 6.43. The van der Waals surface area contributed by atoms with Crippen LogP contribution in [0.5, 0.6) is 0 Å². The van der Waals surface area contributed by atoms with Gasteiger partial charge in [0, 0.05) is 39.1 Å². The maximum Gasteiger partial charge on any atom is 0.287 e. The number of piperidine rings is 1. The Morgan fingerprint density at radius 3 is 2.27 bits per heavy atom. The van der Waals surface area contributed by atoms with Gasteiger partial charge in [0.15, 0.2) is 0 Å². The monoisotopic (exact) mass is 413 g/mol. The van der Waals surface area contributed by atoms with Gasteiger partial charge >= 0.3 is 0 Å². The first-order valence-corrected chi connectivity index (χ1v) is 10.9. The van der Waals surface area contributed by atoms with Crippen molar-refractivity contribution in [3.8, 4) is 0 Å². The van der Waals surface area contributed by atoms with E-state index in [4.69, 9.17) is 4.74 Å². The van der Waals surface area contributed by atoms with Crippen LogP contribution in [-0.4, -0.2) is 61.7 Å². The molecule has 1 aromatic rings. The lowest BCUT2D eigenvalue weighted by Crippen LogP contribution is -2.42. The van der Waals surface area contributed by atoms with Crippen molar-refractivity contribution in [3.05, 3.63) is 72.6 Å². The summed E-state index contributed by atoms with van der Waals surface area (Å²) in [6, 6.07) is 8.73. The highest BCUT2D eigenvalue weighted by Gasteiger charge is 2.40. The number of rotatable bonds is 3. The fraction of sp³-hybridized carbons (Fsp3) is 0.480. The minimum atomic E-state index is -0.178. The molecule has 0 aromatic heterocycles. The largest absolute Gasteiger partial charge is 0.460 e. The van der Waals surface area contributed by atoms with Crippen molar-refractivity contribution in [2.24, 2.45) is 10.9 Å². The quantitative estimate of drug-likeness (QED) is 0.520. The van der Waals surface area contributed by atoms with E-state index < -0.39 is 0 Å². The highest BCUT2D eigenvalue weighted by atomic mass is 19.1. The van der Waals surface area contributed by atoms with E-state index in [9.17, 15) is 4.39 Å². The van der Waals surface area contributed by atoms with Crippen molar-refractivity contribution in [2.45, 2.75) is 32.8 Å². The van der Waals surface area contributed by atoms with E-state index in [-0.39, 0.29) is 5.82 Å². The third-order valence-corrected chi connectivity index (χ3v) is 5.64. The summed E-state index contributed by atoms with van der Waals surface area (Å²) in [4.78, 5) is 9.11. The van der Waals surface area contributed by atoms with E-state index in [2.05, 4.69) is 28.0 Å². The van der Waals surface area contributed by atoms with Gasteiger partial charge < -0.3 is 9.64 Å². The molecule has 5 heteroatoms. The third-order valence-electron chi connectivity index (χ3n) is 5.64. The zero-order chi connectivity index (χ0) is 21.9. The summed E-state index contributed by atoms with van der Waals surface area (Å²) in [5, 5.41) is 0. The van der Waals surface area contributed by atoms with Gasteiger partial charge in [0.25, 0.3) is 6.02 Å². The van der Waals surface area contributed by atoms with Crippen LogP contribution in [0.3, 0.4) is 0 Å². The average Bonchev–Trinajstić information content (AvgIpc) is 3.42. The Balaban J connectivity index is 0.000000299. The number of nitrogens with zero attached hydrogens (tertiary/aromatic N) is 3. The molecule has 2 bridgehead atoms. The Bertz CT molecular complexity index is 744. The molecule has 0 amide bonds. The lowest BCUT2D eigenvalue weighted by atomic mass is 10.0. The Morgan fingerprint density at radius 2 is 1.80 bits per heavy atom. The van der Waals surface area contributed by atoms with E-state index in [0.29, 0.717) is 12.0 Å². The standard InChI is InChI=1S/C17H25N3O.C6H5F.C2H6/c1-4-13-7-9-20(11-14(13)5-2)17(18-3)21-16-12-19-8-6-15(16)10-19;7-6-4-2-1-3-5-6;1-2/h4-5,15-16H,1-2,6-12H2,3H3;1-5H;1-2H3. The van der Waals surface area contributed by atoms with Crippen molar-refractivity contribution in [3.63, 3.8) is 0 Å². The second kappa shape index (κ2) is 12.3. The predicted molar refractivity (Wildman–Crippen MR) is 124 cm³/mol. The topological polar surface area (TPSA) is 28.1 Å². The van der Waals surface area contributed by atoms with Crippen LogP contribution in [-0.2, 0) is 4.74 Å². The summed E-state index contributed by atoms with van der Waals surface area (Å²) in [7, 11) is 1.82. The van der Waals surface area contributed by atoms with Gasteiger partial charge in [-0.2, -0.15) is 0 Å². The molecule has 0 radical (unpaired) electrons. The van der Waals surface area contributed by atoms with Crippen LogP contribution in [0.25, 0.3) is 0 Å². The smallest absolute Gasteiger partial charge is 0.287 e. The van der Waals surface area contributed by atoms with Gasteiger partial charge in [0.2, 0.25) is 0 Å². The molecule has 0 spiro atoms. The maximum absolute atomic E-state index is 11.9. The lowest BCUT2D eigenvalue weighted by molar-refractivity contribution is 0.104. The summed E-state index contributed by atoms with van der Waals surface area (Å²) in [5.74, 6) is 0.507. The Labute approximate surface area is 181 Å². The van der Waals surface area contributed by atoms with Gasteiger partial charge in [0.05, 0.1) is 0 Å². The van der Waals surface area contributed by atoms with Crippen LogP contribution in [0, 0.1) is 11.7 Å². The van der Waals surface area contributed by atoms with Crippen LogP contribution >= 0.6 is 0 Å². The van der Waals surface area contributed by atoms with E-state index >= 15 is 0 Å². The van der Waals surface area contributed by atoms with Crippen LogP contribution in [0.1, 0.15) is 26.7 Å². The van der Waals surface area contributed by atoms with Gasteiger partial charge in [-0.1, -0.05) is 57.4 Å². The van der Waals surface area contributed by atoms with Crippen molar-refractivity contribution in [1.29, 1.82) is 0 Å². The van der Waals surface area contributed by atoms with Gasteiger partial charge in [-0.05, 0) is 42.7 Å². The molecule has 3 atom stereocenters. The molecule has 3 aliphatic heterocycles. The molecule has 3 unspecified atom stereocenters. The van der Waals surface area contributed by atoms with E-state index in [1.165, 1.54) is 42.8 Å². The van der Waals surface area contributed by atoms with Crippen LogP contribution in [0.2, 0.25) is 0 Å². The average molecular weight is 414 g/mol. The fourth-order valence-electron chi connectivity index (χ4n) is 4.08. The van der Waals surface area contributed by atoms with Crippen molar-refractivity contribution in [1.82, 2.24) is 9.80 Å². The van der Waals surface area contributed by atoms with E-state index in [1.807, 2.05) is 33.0 Å². The van der Waals surface area contributed by atoms with Gasteiger partial charge in [0.1, 0.15) is 11.9 Å². The fourth-order valence-corrected chi connectivity index (χ4v) is 4.08. The van der Waals surface area contributed by atoms with E-state index in [1.54, 1.807) is 18.2 Å². The number of fused-ring (bicyclic) bond motifs is 2. The summed E-state index contributed by atoms with van der Waals surface area (Å²) >= 11 is 0. The first-order valence-electron chi connectivity index (χ1n) is 10.9. The number of ether oxygens (including phenoxy) is 1. The number of halogens is 1. The third kappa shape index (κ3) is 6.30. The van der Waals surface area contributed by atoms with Crippen molar-refractivity contribution in [2.75, 3.05) is 39.8 Å². The molecule has 0 aliphatic carbocycles. The first kappa shape index (κ1) is 23.9. The lowest BCUT2D eigenvalue weighted by Gasteiger charge is -2.33. The van der Waals surface area contributed by atoms with Crippen LogP contribution in [0.15, 0.2) is 71.8 Å². The molecule has 164 valence electrons. The number of benzene rings is 1. The Kier molecular flexibility index (Phi) is 9.81. The molecule has 0 saturated carbocycles. The molecule has 3 heterocycles. The number of hydrogen-bond donors (Lipinski definition) is 0. The molecule has 4 rings (SSSR count). The molecule has 2 saturated heterocycles. The second-order valence-corrected chi connectivity index (χ2v) is 7.40. The van der Waals surface area contributed by atoms with Crippen LogP contribution < -0.4 is 0 Å². The van der Waals surface area contributed by atoms with Crippen LogP contribution in [0.4, 0.5) is 4.39 Å². The number of aliphatic imine (C=N–C) groups is 1. The normalized spacial score (nSPS) is 25.0. The summed E-state index contributed by atoms with van der Waals surface area (Å²) in [6.45, 7) is 17.0. The highest BCUT2D eigenvalue weighted by Crippen LogP contribution is 2.30. The number of hydrogen-bond acceptors (Lipinski definition) is 3. The van der Waals surface area contributed by atoms with Crippen molar-refractivity contribution >= 4 is 6.02 Å². The number of amidine groups is 1. The summed E-state index contributed by atoms with van der Waals surface area (Å²) < 4.78 is 18.2. The zero-order valence-electron chi connectivity index (χ0n) is 18.7. The highest BCUT2D eigenvalue weighted by molar-refractivity contribution is 5.75. The van der Waals surface area contributed by atoms with Gasteiger partial charge in [-0.25, -0.2) is 9.38 Å².